The van der Waals surface area contributed by atoms with Gasteiger partial charge in [-0.2, -0.15) is 0 Å². The smallest absolute Gasteiger partial charge is 0.151 e. The van der Waals surface area contributed by atoms with Crippen molar-refractivity contribution in [1.82, 2.24) is 10.2 Å². The van der Waals surface area contributed by atoms with E-state index in [0.717, 1.165) is 38.4 Å². The maximum absolute atomic E-state index is 11.6. The predicted molar refractivity (Wildman–Crippen MR) is 67.8 cm³/mol. The molecule has 0 aromatic carbocycles. The molecule has 0 aromatic heterocycles. The molecule has 5 heteroatoms. The van der Waals surface area contributed by atoms with Crippen LogP contribution in [0, 0.1) is 5.92 Å². The zero-order valence-corrected chi connectivity index (χ0v) is 11.1. The van der Waals surface area contributed by atoms with Gasteiger partial charge >= 0.3 is 0 Å². The lowest BCUT2D eigenvalue weighted by Gasteiger charge is -2.29. The van der Waals surface area contributed by atoms with Gasteiger partial charge in [0.1, 0.15) is 0 Å². The second-order valence-electron chi connectivity index (χ2n) is 5.80. The predicted octanol–water partition coefficient (Wildman–Crippen LogP) is 0.247. The highest BCUT2D eigenvalue weighted by Gasteiger charge is 2.37. The minimum atomic E-state index is -2.74. The molecule has 4 nitrogen and oxygen atoms in total. The number of nitrogens with one attached hydrogen (secondary N) is 1. The van der Waals surface area contributed by atoms with E-state index in [1.807, 2.05) is 0 Å². The second-order valence-corrected chi connectivity index (χ2v) is 8.03. The summed E-state index contributed by atoms with van der Waals surface area (Å²) in [6, 6.07) is 0.905. The summed E-state index contributed by atoms with van der Waals surface area (Å²) in [4.78, 5) is 2.44. The summed E-state index contributed by atoms with van der Waals surface area (Å²) in [6.45, 7) is 3.22. The molecule has 1 N–H and O–H groups in total. The highest BCUT2D eigenvalue weighted by Crippen LogP contribution is 2.34. The standard InChI is InChI=1S/C12H22N2O2S/c15-17(16)7-4-11(9-17)14-6-1-5-13-12(8-14)10-2-3-10/h10-13H,1-9H2. The van der Waals surface area contributed by atoms with Crippen molar-refractivity contribution >= 4 is 9.84 Å². The maximum atomic E-state index is 11.6. The van der Waals surface area contributed by atoms with Gasteiger partial charge in [0.15, 0.2) is 9.84 Å². The number of rotatable bonds is 2. The minimum Gasteiger partial charge on any atom is -0.312 e. The van der Waals surface area contributed by atoms with Gasteiger partial charge in [-0.1, -0.05) is 0 Å². The lowest BCUT2D eigenvalue weighted by Crippen LogP contribution is -2.44. The third-order valence-corrected chi connectivity index (χ3v) is 6.13. The second kappa shape index (κ2) is 4.52. The fourth-order valence-electron chi connectivity index (χ4n) is 3.19. The van der Waals surface area contributed by atoms with Gasteiger partial charge in [0.05, 0.1) is 11.5 Å². The van der Waals surface area contributed by atoms with Crippen molar-refractivity contribution in [2.24, 2.45) is 5.92 Å². The molecule has 2 unspecified atom stereocenters. The van der Waals surface area contributed by atoms with Crippen LogP contribution in [0.4, 0.5) is 0 Å². The molecule has 17 heavy (non-hydrogen) atoms. The molecule has 2 atom stereocenters. The monoisotopic (exact) mass is 258 g/mol. The van der Waals surface area contributed by atoms with Crippen LogP contribution < -0.4 is 5.32 Å². The molecule has 2 heterocycles. The first-order chi connectivity index (χ1) is 8.14. The summed E-state index contributed by atoms with van der Waals surface area (Å²) >= 11 is 0. The molecule has 2 saturated heterocycles. The Hall–Kier alpha value is -0.130. The van der Waals surface area contributed by atoms with Gasteiger partial charge in [-0.3, -0.25) is 4.90 Å². The van der Waals surface area contributed by atoms with Crippen LogP contribution in [-0.2, 0) is 9.84 Å². The number of nitrogens with zero attached hydrogens (tertiary/aromatic N) is 1. The summed E-state index contributed by atoms with van der Waals surface area (Å²) in [5, 5.41) is 3.63. The van der Waals surface area contributed by atoms with E-state index in [-0.39, 0.29) is 0 Å². The lowest BCUT2D eigenvalue weighted by atomic mass is 10.1. The third kappa shape index (κ3) is 2.83. The number of sulfone groups is 1. The van der Waals surface area contributed by atoms with Crippen LogP contribution in [0.5, 0.6) is 0 Å². The zero-order chi connectivity index (χ0) is 11.9. The molecule has 0 bridgehead atoms. The van der Waals surface area contributed by atoms with Crippen molar-refractivity contribution in [3.05, 3.63) is 0 Å². The average Bonchev–Trinajstić information content (AvgIpc) is 3.06. The molecule has 1 saturated carbocycles. The van der Waals surface area contributed by atoms with Gasteiger partial charge < -0.3 is 5.32 Å². The molecule has 0 amide bonds. The Morgan fingerprint density at radius 2 is 2.00 bits per heavy atom. The fraction of sp³-hybridized carbons (Fsp3) is 1.00. The summed E-state index contributed by atoms with van der Waals surface area (Å²) in [6.07, 6.45) is 4.71. The summed E-state index contributed by atoms with van der Waals surface area (Å²) in [7, 11) is -2.74. The van der Waals surface area contributed by atoms with Crippen molar-refractivity contribution in [3.8, 4) is 0 Å². The van der Waals surface area contributed by atoms with E-state index in [1.54, 1.807) is 0 Å². The van der Waals surface area contributed by atoms with Crippen molar-refractivity contribution < 1.29 is 8.42 Å². The summed E-state index contributed by atoms with van der Waals surface area (Å²) in [5.74, 6) is 1.65. The quantitative estimate of drug-likeness (QED) is 0.771. The molecule has 0 radical (unpaired) electrons. The van der Waals surface area contributed by atoms with Gasteiger partial charge in [0.25, 0.3) is 0 Å². The summed E-state index contributed by atoms with van der Waals surface area (Å²) in [5.41, 5.74) is 0. The van der Waals surface area contributed by atoms with Crippen LogP contribution in [-0.4, -0.2) is 56.5 Å². The first-order valence-corrected chi connectivity index (χ1v) is 8.64. The molecule has 98 valence electrons. The van der Waals surface area contributed by atoms with Crippen molar-refractivity contribution in [2.75, 3.05) is 31.1 Å². The number of hydrogen-bond acceptors (Lipinski definition) is 4. The lowest BCUT2D eigenvalue weighted by molar-refractivity contribution is 0.202. The Balaban J connectivity index is 1.65. The molecule has 1 aliphatic carbocycles. The van der Waals surface area contributed by atoms with Gasteiger partial charge in [-0.25, -0.2) is 8.42 Å². The van der Waals surface area contributed by atoms with Crippen LogP contribution >= 0.6 is 0 Å². The van der Waals surface area contributed by atoms with E-state index >= 15 is 0 Å². The van der Waals surface area contributed by atoms with E-state index in [2.05, 4.69) is 10.2 Å². The fourth-order valence-corrected chi connectivity index (χ4v) is 4.95. The molecule has 0 aromatic rings. The van der Waals surface area contributed by atoms with Crippen LogP contribution in [0.15, 0.2) is 0 Å². The largest absolute Gasteiger partial charge is 0.312 e. The van der Waals surface area contributed by atoms with E-state index < -0.39 is 9.84 Å². The normalized spacial score (nSPS) is 39.1. The van der Waals surface area contributed by atoms with E-state index in [1.165, 1.54) is 12.8 Å². The maximum Gasteiger partial charge on any atom is 0.151 e. The number of hydrogen-bond donors (Lipinski definition) is 1. The minimum absolute atomic E-state index is 0.293. The van der Waals surface area contributed by atoms with Crippen molar-refractivity contribution in [3.63, 3.8) is 0 Å². The van der Waals surface area contributed by atoms with E-state index in [0.29, 0.717) is 23.6 Å². The van der Waals surface area contributed by atoms with Crippen LogP contribution in [0.1, 0.15) is 25.7 Å². The van der Waals surface area contributed by atoms with E-state index in [9.17, 15) is 8.42 Å². The Morgan fingerprint density at radius 1 is 1.18 bits per heavy atom. The highest BCUT2D eigenvalue weighted by molar-refractivity contribution is 7.91. The van der Waals surface area contributed by atoms with Crippen LogP contribution in [0.2, 0.25) is 0 Å². The zero-order valence-electron chi connectivity index (χ0n) is 10.3. The molecule has 2 aliphatic heterocycles. The van der Waals surface area contributed by atoms with Crippen LogP contribution in [0.25, 0.3) is 0 Å². The van der Waals surface area contributed by atoms with Crippen LogP contribution in [0.3, 0.4) is 0 Å². The Bertz CT molecular complexity index is 378. The summed E-state index contributed by atoms with van der Waals surface area (Å²) < 4.78 is 23.1. The van der Waals surface area contributed by atoms with Gasteiger partial charge in [0, 0.05) is 18.6 Å². The van der Waals surface area contributed by atoms with Crippen molar-refractivity contribution in [1.29, 1.82) is 0 Å². The van der Waals surface area contributed by atoms with E-state index in [4.69, 9.17) is 0 Å². The average molecular weight is 258 g/mol. The first-order valence-electron chi connectivity index (χ1n) is 6.82. The first kappa shape index (κ1) is 11.9. The third-order valence-electron chi connectivity index (χ3n) is 4.38. The van der Waals surface area contributed by atoms with Gasteiger partial charge in [0.2, 0.25) is 0 Å². The Morgan fingerprint density at radius 3 is 2.65 bits per heavy atom. The molecule has 3 aliphatic rings. The topological polar surface area (TPSA) is 49.4 Å². The highest BCUT2D eigenvalue weighted by atomic mass is 32.2. The molecule has 3 fully saturated rings. The van der Waals surface area contributed by atoms with Gasteiger partial charge in [-0.05, 0) is 44.7 Å². The molecular weight excluding hydrogens is 236 g/mol. The van der Waals surface area contributed by atoms with Gasteiger partial charge in [-0.15, -0.1) is 0 Å². The molecular formula is C12H22N2O2S. The molecule has 3 rings (SSSR count). The van der Waals surface area contributed by atoms with Crippen molar-refractivity contribution in [2.45, 2.75) is 37.8 Å². The SMILES string of the molecule is O=S1(=O)CCC(N2CCCNC(C3CC3)C2)C1. The Kier molecular flexibility index (Phi) is 3.17. The molecule has 0 spiro atoms. The Labute approximate surface area is 104 Å².